The minimum atomic E-state index is -0.0661. The maximum Gasteiger partial charge on any atom is 0.240 e. The van der Waals surface area contributed by atoms with Crippen molar-refractivity contribution in [1.82, 2.24) is 20.0 Å². The first-order valence-corrected chi connectivity index (χ1v) is 9.68. The summed E-state index contributed by atoms with van der Waals surface area (Å²) in [4.78, 5) is 24.4. The van der Waals surface area contributed by atoms with Crippen LogP contribution in [0.1, 0.15) is 54.4 Å². The Kier molecular flexibility index (Phi) is 4.56. The van der Waals surface area contributed by atoms with Gasteiger partial charge in [0.2, 0.25) is 11.8 Å². The molecule has 1 N–H and O–H groups in total. The van der Waals surface area contributed by atoms with Gasteiger partial charge in [0.15, 0.2) is 11.0 Å². The van der Waals surface area contributed by atoms with Gasteiger partial charge in [-0.05, 0) is 45.1 Å². The normalized spacial score (nSPS) is 19.9. The molecule has 0 aromatic carbocycles. The van der Waals surface area contributed by atoms with Crippen LogP contribution in [0.4, 0.5) is 5.13 Å². The minimum absolute atomic E-state index is 0.0661. The summed E-state index contributed by atoms with van der Waals surface area (Å²) in [6.07, 6.45) is 5.56. The molecule has 25 heavy (non-hydrogen) atoms. The molecule has 0 spiro atoms. The number of carbonyl (C=O) groups excluding carboxylic acids is 1. The third-order valence-electron chi connectivity index (χ3n) is 4.68. The number of hydrogen-bond acceptors (Lipinski definition) is 7. The zero-order valence-electron chi connectivity index (χ0n) is 14.6. The maximum absolute atomic E-state index is 12.3. The van der Waals surface area contributed by atoms with Gasteiger partial charge in [0.1, 0.15) is 0 Å². The van der Waals surface area contributed by atoms with E-state index in [1.165, 1.54) is 11.3 Å². The average molecular weight is 361 g/mol. The maximum atomic E-state index is 12.3. The Morgan fingerprint density at radius 2 is 2.20 bits per heavy atom. The number of anilines is 1. The van der Waals surface area contributed by atoms with Crippen LogP contribution in [0.25, 0.3) is 0 Å². The number of aromatic nitrogens is 3. The first kappa shape index (κ1) is 16.7. The van der Waals surface area contributed by atoms with E-state index in [0.717, 1.165) is 37.2 Å². The van der Waals surface area contributed by atoms with Gasteiger partial charge in [0.05, 0.1) is 18.8 Å². The summed E-state index contributed by atoms with van der Waals surface area (Å²) in [5, 5.41) is 7.64. The van der Waals surface area contributed by atoms with Crippen LogP contribution in [-0.2, 0) is 24.2 Å². The fourth-order valence-electron chi connectivity index (χ4n) is 3.12. The summed E-state index contributed by atoms with van der Waals surface area (Å²) in [7, 11) is 1.87. The second-order valence-corrected chi connectivity index (χ2v) is 8.36. The zero-order chi connectivity index (χ0) is 17.4. The molecule has 1 fully saturated rings. The molecule has 1 saturated carbocycles. The summed E-state index contributed by atoms with van der Waals surface area (Å²) in [6, 6.07) is 0. The molecular weight excluding hydrogens is 338 g/mol. The van der Waals surface area contributed by atoms with Gasteiger partial charge in [-0.15, -0.1) is 11.3 Å². The molecule has 1 atom stereocenters. The van der Waals surface area contributed by atoms with E-state index in [4.69, 9.17) is 4.52 Å². The Morgan fingerprint density at radius 1 is 1.36 bits per heavy atom. The standard InChI is InChI=1S/C17H23N5O2S/c1-10-3-6-12-13(7-10)25-17(18-12)19-14(23)8-22(2)9-15-20-16(21-24-15)11-4-5-11/h10-11H,3-9H2,1-2H3,(H,18,19,23)/t10-/m0/s1. The topological polar surface area (TPSA) is 84.2 Å². The number of carbonyl (C=O) groups is 1. The third-order valence-corrected chi connectivity index (χ3v) is 5.71. The Labute approximate surface area is 150 Å². The predicted octanol–water partition coefficient (Wildman–Crippen LogP) is 2.60. The fourth-order valence-corrected chi connectivity index (χ4v) is 4.31. The SMILES string of the molecule is C[C@H]1CCc2nc(NC(=O)CN(C)Cc3nc(C4CC4)no3)sc2C1. The summed E-state index contributed by atoms with van der Waals surface area (Å²) in [5.74, 6) is 2.48. The molecule has 0 unspecified atom stereocenters. The molecule has 134 valence electrons. The molecule has 2 heterocycles. The van der Waals surface area contributed by atoms with Crippen molar-refractivity contribution in [1.29, 1.82) is 0 Å². The first-order chi connectivity index (χ1) is 12.1. The van der Waals surface area contributed by atoms with Crippen LogP contribution in [0.3, 0.4) is 0 Å². The number of rotatable bonds is 6. The highest BCUT2D eigenvalue weighted by atomic mass is 32.1. The Hall–Kier alpha value is -1.80. The molecule has 0 bridgehead atoms. The largest absolute Gasteiger partial charge is 0.338 e. The number of thiazole rings is 1. The van der Waals surface area contributed by atoms with E-state index in [1.54, 1.807) is 11.3 Å². The lowest BCUT2D eigenvalue weighted by Gasteiger charge is -2.15. The van der Waals surface area contributed by atoms with Gasteiger partial charge in [-0.2, -0.15) is 4.98 Å². The second-order valence-electron chi connectivity index (χ2n) is 7.28. The van der Waals surface area contributed by atoms with Gasteiger partial charge < -0.3 is 9.84 Å². The summed E-state index contributed by atoms with van der Waals surface area (Å²) < 4.78 is 5.26. The molecule has 8 heteroatoms. The van der Waals surface area contributed by atoms with Crippen molar-refractivity contribution in [3.05, 3.63) is 22.3 Å². The number of likely N-dealkylation sites (N-methyl/N-ethyl adjacent to an activating group) is 1. The lowest BCUT2D eigenvalue weighted by Crippen LogP contribution is -2.29. The molecule has 2 aromatic rings. The summed E-state index contributed by atoms with van der Waals surface area (Å²) >= 11 is 1.61. The van der Waals surface area contributed by atoms with Crippen LogP contribution in [0, 0.1) is 5.92 Å². The molecule has 7 nitrogen and oxygen atoms in total. The molecule has 0 radical (unpaired) electrons. The number of aryl methyl sites for hydroxylation is 1. The van der Waals surface area contributed by atoms with Crippen LogP contribution in [0.5, 0.6) is 0 Å². The highest BCUT2D eigenvalue weighted by Crippen LogP contribution is 2.38. The summed E-state index contributed by atoms with van der Waals surface area (Å²) in [5.41, 5.74) is 1.16. The van der Waals surface area contributed by atoms with Gasteiger partial charge in [-0.1, -0.05) is 12.1 Å². The quantitative estimate of drug-likeness (QED) is 0.851. The molecule has 2 aliphatic carbocycles. The van der Waals surface area contributed by atoms with Gasteiger partial charge in [-0.3, -0.25) is 9.69 Å². The van der Waals surface area contributed by atoms with Gasteiger partial charge >= 0.3 is 0 Å². The van der Waals surface area contributed by atoms with E-state index >= 15 is 0 Å². The van der Waals surface area contributed by atoms with E-state index in [0.29, 0.717) is 29.4 Å². The highest BCUT2D eigenvalue weighted by Gasteiger charge is 2.29. The fraction of sp³-hybridized carbons (Fsp3) is 0.647. The molecule has 2 aliphatic rings. The monoisotopic (exact) mass is 361 g/mol. The predicted molar refractivity (Wildman–Crippen MR) is 94.5 cm³/mol. The van der Waals surface area contributed by atoms with Crippen molar-refractivity contribution in [2.75, 3.05) is 18.9 Å². The van der Waals surface area contributed by atoms with Crippen molar-refractivity contribution in [3.8, 4) is 0 Å². The molecule has 0 saturated heterocycles. The van der Waals surface area contributed by atoms with E-state index in [-0.39, 0.29) is 12.5 Å². The van der Waals surface area contributed by atoms with Crippen molar-refractivity contribution in [2.24, 2.45) is 5.92 Å². The summed E-state index contributed by atoms with van der Waals surface area (Å²) in [6.45, 7) is 3.00. The lowest BCUT2D eigenvalue weighted by molar-refractivity contribution is -0.117. The highest BCUT2D eigenvalue weighted by molar-refractivity contribution is 7.15. The Balaban J connectivity index is 1.29. The van der Waals surface area contributed by atoms with Crippen LogP contribution < -0.4 is 5.32 Å². The average Bonchev–Trinajstić information content (AvgIpc) is 3.17. The molecule has 4 rings (SSSR count). The first-order valence-electron chi connectivity index (χ1n) is 8.86. The Morgan fingerprint density at radius 3 is 3.00 bits per heavy atom. The second kappa shape index (κ2) is 6.84. The van der Waals surface area contributed by atoms with Crippen molar-refractivity contribution >= 4 is 22.4 Å². The molecule has 2 aromatic heterocycles. The van der Waals surface area contributed by atoms with E-state index in [2.05, 4.69) is 27.4 Å². The minimum Gasteiger partial charge on any atom is -0.338 e. The number of hydrogen-bond donors (Lipinski definition) is 1. The molecule has 1 amide bonds. The third kappa shape index (κ3) is 4.07. The van der Waals surface area contributed by atoms with Gasteiger partial charge in [0.25, 0.3) is 0 Å². The van der Waals surface area contributed by atoms with Gasteiger partial charge in [-0.25, -0.2) is 4.98 Å². The van der Waals surface area contributed by atoms with Crippen molar-refractivity contribution in [2.45, 2.75) is 51.5 Å². The van der Waals surface area contributed by atoms with E-state index in [9.17, 15) is 4.79 Å². The molecular formula is C17H23N5O2S. The van der Waals surface area contributed by atoms with E-state index < -0.39 is 0 Å². The number of nitrogens with zero attached hydrogens (tertiary/aromatic N) is 4. The van der Waals surface area contributed by atoms with Crippen molar-refractivity contribution < 1.29 is 9.32 Å². The zero-order valence-corrected chi connectivity index (χ0v) is 15.4. The van der Waals surface area contributed by atoms with Crippen LogP contribution in [0.2, 0.25) is 0 Å². The number of amides is 1. The van der Waals surface area contributed by atoms with Crippen LogP contribution in [0.15, 0.2) is 4.52 Å². The lowest BCUT2D eigenvalue weighted by atomic mass is 9.93. The number of fused-ring (bicyclic) bond motifs is 1. The van der Waals surface area contributed by atoms with Crippen molar-refractivity contribution in [3.63, 3.8) is 0 Å². The van der Waals surface area contributed by atoms with E-state index in [1.807, 2.05) is 11.9 Å². The van der Waals surface area contributed by atoms with Gasteiger partial charge in [0, 0.05) is 10.8 Å². The smallest absolute Gasteiger partial charge is 0.240 e. The molecule has 0 aliphatic heterocycles. The Bertz CT molecular complexity index is 767. The number of nitrogens with one attached hydrogen (secondary N) is 1. The van der Waals surface area contributed by atoms with Crippen LogP contribution >= 0.6 is 11.3 Å². The van der Waals surface area contributed by atoms with Crippen LogP contribution in [-0.4, -0.2) is 39.5 Å².